The molecule has 0 radical (unpaired) electrons. The van der Waals surface area contributed by atoms with Gasteiger partial charge in [0.1, 0.15) is 11.6 Å². The van der Waals surface area contributed by atoms with E-state index in [-0.39, 0.29) is 0 Å². The van der Waals surface area contributed by atoms with Crippen molar-refractivity contribution in [3.63, 3.8) is 0 Å². The van der Waals surface area contributed by atoms with Crippen molar-refractivity contribution in [2.24, 2.45) is 5.92 Å². The Hall–Kier alpha value is -2.56. The number of anilines is 1. The summed E-state index contributed by atoms with van der Waals surface area (Å²) in [5.41, 5.74) is 2.26. The summed E-state index contributed by atoms with van der Waals surface area (Å²) < 4.78 is 7.68. The van der Waals surface area contributed by atoms with Crippen LogP contribution in [0.1, 0.15) is 25.6 Å². The number of aromatic nitrogens is 3. The normalized spacial score (nSPS) is 15.0. The lowest BCUT2D eigenvalue weighted by atomic mass is 9.97. The van der Waals surface area contributed by atoms with Gasteiger partial charge in [-0.1, -0.05) is 13.8 Å². The molecule has 4 rings (SSSR count). The molecular formula is C20H24N4O. The Bertz CT molecular complexity index is 880. The summed E-state index contributed by atoms with van der Waals surface area (Å²) in [6.45, 7) is 7.55. The summed E-state index contributed by atoms with van der Waals surface area (Å²) in [6.07, 6.45) is 5.91. The molecule has 1 fully saturated rings. The minimum Gasteiger partial charge on any atom is -0.497 e. The zero-order valence-corrected chi connectivity index (χ0v) is 15.0. The summed E-state index contributed by atoms with van der Waals surface area (Å²) in [4.78, 5) is 11.4. The molecule has 0 unspecified atom stereocenters. The van der Waals surface area contributed by atoms with Crippen LogP contribution in [0.3, 0.4) is 0 Å². The molecule has 2 aromatic heterocycles. The predicted molar refractivity (Wildman–Crippen MR) is 100 cm³/mol. The van der Waals surface area contributed by atoms with Crippen LogP contribution >= 0.6 is 0 Å². The van der Waals surface area contributed by atoms with Crippen molar-refractivity contribution < 1.29 is 4.74 Å². The lowest BCUT2D eigenvalue weighted by Crippen LogP contribution is -2.48. The average molecular weight is 336 g/mol. The van der Waals surface area contributed by atoms with Crippen LogP contribution in [0.2, 0.25) is 0 Å². The van der Waals surface area contributed by atoms with Crippen molar-refractivity contribution in [2.45, 2.75) is 26.3 Å². The molecule has 1 saturated heterocycles. The second-order valence-corrected chi connectivity index (χ2v) is 7.08. The lowest BCUT2D eigenvalue weighted by molar-refractivity contribution is 0.351. The Kier molecular flexibility index (Phi) is 4.07. The molecule has 3 heterocycles. The molecule has 0 spiro atoms. The summed E-state index contributed by atoms with van der Waals surface area (Å²) in [6, 6.07) is 8.17. The van der Waals surface area contributed by atoms with Crippen LogP contribution < -0.4 is 9.64 Å². The van der Waals surface area contributed by atoms with Gasteiger partial charge in [0, 0.05) is 61.1 Å². The van der Waals surface area contributed by atoms with E-state index < -0.39 is 0 Å². The van der Waals surface area contributed by atoms with Gasteiger partial charge in [0.15, 0.2) is 0 Å². The van der Waals surface area contributed by atoms with Gasteiger partial charge in [0.05, 0.1) is 12.6 Å². The van der Waals surface area contributed by atoms with Crippen molar-refractivity contribution in [1.29, 1.82) is 0 Å². The Morgan fingerprint density at radius 1 is 1.16 bits per heavy atom. The van der Waals surface area contributed by atoms with Gasteiger partial charge in [0.2, 0.25) is 0 Å². The zero-order chi connectivity index (χ0) is 17.4. The van der Waals surface area contributed by atoms with E-state index in [0.29, 0.717) is 11.8 Å². The number of rotatable bonds is 5. The standard InChI is InChI=1S/C20H24N4O/c1-14(2)20-22-8-9-23(20)11-15-12-24(13-15)19-6-7-21-18-5-4-16(25-3)10-17(18)19/h4-10,14-15H,11-13H2,1-3H3. The fourth-order valence-corrected chi connectivity index (χ4v) is 3.65. The number of ether oxygens (including phenoxy) is 1. The number of benzene rings is 1. The first-order chi connectivity index (χ1) is 12.2. The van der Waals surface area contributed by atoms with E-state index in [9.17, 15) is 0 Å². The summed E-state index contributed by atoms with van der Waals surface area (Å²) >= 11 is 0. The quantitative estimate of drug-likeness (QED) is 0.712. The van der Waals surface area contributed by atoms with Crippen LogP contribution in [-0.2, 0) is 6.54 Å². The highest BCUT2D eigenvalue weighted by Crippen LogP contribution is 2.33. The second kappa shape index (κ2) is 6.39. The van der Waals surface area contributed by atoms with Gasteiger partial charge >= 0.3 is 0 Å². The minimum atomic E-state index is 0.461. The first kappa shape index (κ1) is 15.9. The number of pyridine rings is 1. The van der Waals surface area contributed by atoms with Crippen LogP contribution in [-0.4, -0.2) is 34.7 Å². The van der Waals surface area contributed by atoms with E-state index in [4.69, 9.17) is 4.74 Å². The first-order valence-electron chi connectivity index (χ1n) is 8.84. The molecule has 5 nitrogen and oxygen atoms in total. The van der Waals surface area contributed by atoms with Gasteiger partial charge in [-0.2, -0.15) is 0 Å². The van der Waals surface area contributed by atoms with Gasteiger partial charge < -0.3 is 14.2 Å². The van der Waals surface area contributed by atoms with E-state index in [0.717, 1.165) is 36.3 Å². The maximum atomic E-state index is 5.38. The van der Waals surface area contributed by atoms with E-state index >= 15 is 0 Å². The van der Waals surface area contributed by atoms with E-state index in [1.807, 2.05) is 24.5 Å². The maximum Gasteiger partial charge on any atom is 0.119 e. The highest BCUT2D eigenvalue weighted by Gasteiger charge is 2.29. The summed E-state index contributed by atoms with van der Waals surface area (Å²) in [7, 11) is 1.70. The number of fused-ring (bicyclic) bond motifs is 1. The monoisotopic (exact) mass is 336 g/mol. The molecule has 130 valence electrons. The molecule has 0 aliphatic carbocycles. The van der Waals surface area contributed by atoms with Crippen molar-refractivity contribution in [3.05, 3.63) is 48.7 Å². The number of hydrogen-bond acceptors (Lipinski definition) is 4. The van der Waals surface area contributed by atoms with E-state index in [1.165, 1.54) is 11.5 Å². The Morgan fingerprint density at radius 2 is 2.00 bits per heavy atom. The molecule has 0 atom stereocenters. The largest absolute Gasteiger partial charge is 0.497 e. The third kappa shape index (κ3) is 2.95. The first-order valence-corrected chi connectivity index (χ1v) is 8.84. The number of imidazole rings is 1. The van der Waals surface area contributed by atoms with Crippen LogP contribution in [0.5, 0.6) is 5.75 Å². The van der Waals surface area contributed by atoms with Crippen molar-refractivity contribution in [1.82, 2.24) is 14.5 Å². The molecule has 5 heteroatoms. The van der Waals surface area contributed by atoms with E-state index in [2.05, 4.69) is 51.6 Å². The fourth-order valence-electron chi connectivity index (χ4n) is 3.65. The van der Waals surface area contributed by atoms with Crippen molar-refractivity contribution in [2.75, 3.05) is 25.1 Å². The van der Waals surface area contributed by atoms with Gasteiger partial charge in [-0.25, -0.2) is 4.98 Å². The fraction of sp³-hybridized carbons (Fsp3) is 0.400. The molecule has 0 bridgehead atoms. The third-order valence-corrected chi connectivity index (χ3v) is 4.94. The van der Waals surface area contributed by atoms with Crippen LogP contribution in [0.15, 0.2) is 42.9 Å². The van der Waals surface area contributed by atoms with Gasteiger partial charge in [-0.3, -0.25) is 4.98 Å². The average Bonchev–Trinajstić information content (AvgIpc) is 3.05. The summed E-state index contributed by atoms with van der Waals surface area (Å²) in [5.74, 6) is 3.17. The maximum absolute atomic E-state index is 5.38. The Labute approximate surface area is 148 Å². The topological polar surface area (TPSA) is 43.2 Å². The molecule has 1 aromatic carbocycles. The van der Waals surface area contributed by atoms with Crippen LogP contribution in [0.4, 0.5) is 5.69 Å². The zero-order valence-electron chi connectivity index (χ0n) is 15.0. The highest BCUT2D eigenvalue weighted by molar-refractivity contribution is 5.92. The molecular weight excluding hydrogens is 312 g/mol. The Morgan fingerprint density at radius 3 is 2.76 bits per heavy atom. The van der Waals surface area contributed by atoms with Crippen molar-refractivity contribution >= 4 is 16.6 Å². The predicted octanol–water partition coefficient (Wildman–Crippen LogP) is 3.70. The molecule has 3 aromatic rings. The number of methoxy groups -OCH3 is 1. The minimum absolute atomic E-state index is 0.461. The van der Waals surface area contributed by atoms with Gasteiger partial charge in [-0.05, 0) is 24.3 Å². The van der Waals surface area contributed by atoms with E-state index in [1.54, 1.807) is 7.11 Å². The third-order valence-electron chi connectivity index (χ3n) is 4.94. The van der Waals surface area contributed by atoms with Crippen LogP contribution in [0.25, 0.3) is 10.9 Å². The molecule has 25 heavy (non-hydrogen) atoms. The molecule has 1 aliphatic heterocycles. The highest BCUT2D eigenvalue weighted by atomic mass is 16.5. The molecule has 0 N–H and O–H groups in total. The SMILES string of the molecule is COc1ccc2nccc(N3CC(Cn4ccnc4C(C)C)C3)c2c1. The van der Waals surface area contributed by atoms with Gasteiger partial charge in [-0.15, -0.1) is 0 Å². The molecule has 1 aliphatic rings. The van der Waals surface area contributed by atoms with Gasteiger partial charge in [0.25, 0.3) is 0 Å². The number of nitrogens with zero attached hydrogens (tertiary/aromatic N) is 4. The second-order valence-electron chi connectivity index (χ2n) is 7.08. The lowest BCUT2D eigenvalue weighted by Gasteiger charge is -2.42. The smallest absolute Gasteiger partial charge is 0.119 e. The van der Waals surface area contributed by atoms with Crippen molar-refractivity contribution in [3.8, 4) is 5.75 Å². The van der Waals surface area contributed by atoms with Crippen LogP contribution in [0, 0.1) is 5.92 Å². The molecule has 0 saturated carbocycles. The number of hydrogen-bond donors (Lipinski definition) is 0. The summed E-state index contributed by atoms with van der Waals surface area (Å²) in [5, 5.41) is 1.16. The Balaban J connectivity index is 1.50. The molecule has 0 amide bonds.